The third-order valence-electron chi connectivity index (χ3n) is 1.42. The lowest BCUT2D eigenvalue weighted by Crippen LogP contribution is -2.68. The lowest BCUT2D eigenvalue weighted by atomic mass is 10.6. The average Bonchev–Trinajstić information content (AvgIpc) is 1.57. The van der Waals surface area contributed by atoms with Gasteiger partial charge in [-0.1, -0.05) is 0 Å². The van der Waals surface area contributed by atoms with E-state index in [0.717, 1.165) is 13.3 Å². The van der Waals surface area contributed by atoms with Crippen LogP contribution in [0.25, 0.3) is 0 Å². The number of rotatable bonds is 2. The molecule has 0 aromatic carbocycles. The van der Waals surface area contributed by atoms with Crippen molar-refractivity contribution in [1.29, 1.82) is 0 Å². The Bertz CT molecular complexity index is 88.7. The third-order valence-corrected chi connectivity index (χ3v) is 1.42. The predicted octanol–water partition coefficient (Wildman–Crippen LogP) is -2.13. The van der Waals surface area contributed by atoms with E-state index in [1.54, 1.807) is 0 Å². The Morgan fingerprint density at radius 2 is 1.33 bits per heavy atom. The molecule has 4 N–H and O–H groups in total. The molecule has 0 amide bonds. The molecule has 2 fully saturated rings. The minimum atomic E-state index is 0.0373. The summed E-state index contributed by atoms with van der Waals surface area (Å²) in [4.78, 5) is 0. The van der Waals surface area contributed by atoms with E-state index >= 15 is 0 Å². The van der Waals surface area contributed by atoms with Crippen LogP contribution in [0.4, 0.5) is 0 Å². The van der Waals surface area contributed by atoms with Gasteiger partial charge in [-0.25, -0.2) is 0 Å². The van der Waals surface area contributed by atoms with E-state index < -0.39 is 0 Å². The Labute approximate surface area is 53.1 Å². The minimum Gasteiger partial charge on any atom is -0.318 e. The van der Waals surface area contributed by atoms with Crippen LogP contribution in [0.1, 0.15) is 0 Å². The van der Waals surface area contributed by atoms with Gasteiger partial charge in [-0.2, -0.15) is 0 Å². The number of ether oxygens (including phenoxy) is 1. The summed E-state index contributed by atoms with van der Waals surface area (Å²) in [5.41, 5.74) is 0. The van der Waals surface area contributed by atoms with Gasteiger partial charge in [-0.05, 0) is 0 Å². The summed E-state index contributed by atoms with van der Waals surface area (Å²) in [6.45, 7) is 1.69. The van der Waals surface area contributed by atoms with Crippen LogP contribution >= 0.6 is 0 Å². The third kappa shape index (κ3) is 1.05. The van der Waals surface area contributed by atoms with Gasteiger partial charge in [0.15, 0.2) is 12.7 Å². The monoisotopic (exact) mass is 130 g/mol. The smallest absolute Gasteiger partial charge is 0.168 e. The van der Waals surface area contributed by atoms with E-state index in [1.165, 1.54) is 0 Å². The van der Waals surface area contributed by atoms with Crippen LogP contribution in [0.3, 0.4) is 0 Å². The van der Waals surface area contributed by atoms with Gasteiger partial charge in [0.25, 0.3) is 0 Å². The van der Waals surface area contributed by atoms with E-state index in [2.05, 4.69) is 21.3 Å². The van der Waals surface area contributed by atoms with Crippen molar-refractivity contribution in [2.45, 2.75) is 12.7 Å². The molecular weight excluding hydrogens is 120 g/mol. The molecule has 0 atom stereocenters. The highest BCUT2D eigenvalue weighted by Gasteiger charge is 2.23. The van der Waals surface area contributed by atoms with Crippen molar-refractivity contribution in [2.24, 2.45) is 0 Å². The fourth-order valence-corrected chi connectivity index (χ4v) is 0.699. The van der Waals surface area contributed by atoms with E-state index in [0.29, 0.717) is 0 Å². The zero-order chi connectivity index (χ0) is 6.10. The fraction of sp³-hybridized carbons (Fsp3) is 1.00. The highest BCUT2D eigenvalue weighted by atomic mass is 16.6. The second-order valence-electron chi connectivity index (χ2n) is 2.07. The summed E-state index contributed by atoms with van der Waals surface area (Å²) in [5, 5.41) is 12.1. The van der Waals surface area contributed by atoms with Gasteiger partial charge < -0.3 is 4.74 Å². The zero-order valence-electron chi connectivity index (χ0n) is 4.98. The van der Waals surface area contributed by atoms with Crippen molar-refractivity contribution >= 4 is 0 Å². The van der Waals surface area contributed by atoms with Crippen LogP contribution in [0.5, 0.6) is 0 Å². The largest absolute Gasteiger partial charge is 0.318 e. The lowest BCUT2D eigenvalue weighted by molar-refractivity contribution is -0.137. The molecule has 2 aliphatic rings. The van der Waals surface area contributed by atoms with Crippen LogP contribution in [0.2, 0.25) is 0 Å². The van der Waals surface area contributed by atoms with Gasteiger partial charge in [0.05, 0.1) is 13.3 Å². The maximum atomic E-state index is 5.28. The van der Waals surface area contributed by atoms with Gasteiger partial charge in [0.1, 0.15) is 0 Å². The van der Waals surface area contributed by atoms with Crippen molar-refractivity contribution < 1.29 is 4.74 Å². The van der Waals surface area contributed by atoms with Crippen LogP contribution in [-0.2, 0) is 4.74 Å². The summed E-state index contributed by atoms with van der Waals surface area (Å²) in [7, 11) is 0. The highest BCUT2D eigenvalue weighted by Crippen LogP contribution is 1.95. The van der Waals surface area contributed by atoms with Crippen molar-refractivity contribution in [3.05, 3.63) is 0 Å². The van der Waals surface area contributed by atoms with Crippen molar-refractivity contribution in [3.8, 4) is 0 Å². The molecule has 52 valence electrons. The zero-order valence-corrected chi connectivity index (χ0v) is 4.98. The van der Waals surface area contributed by atoms with Gasteiger partial charge in [-0.3, -0.25) is 21.3 Å². The first kappa shape index (κ1) is 5.57. The molecule has 0 aromatic heterocycles. The molecule has 2 rings (SSSR count). The van der Waals surface area contributed by atoms with Gasteiger partial charge in [0.2, 0.25) is 0 Å². The summed E-state index contributed by atoms with van der Waals surface area (Å²) in [6, 6.07) is 0. The highest BCUT2D eigenvalue weighted by molar-refractivity contribution is 4.67. The molecule has 2 aliphatic heterocycles. The summed E-state index contributed by atoms with van der Waals surface area (Å²) in [6.07, 6.45) is 0.0746. The van der Waals surface area contributed by atoms with Gasteiger partial charge in [0, 0.05) is 0 Å². The number of nitrogens with one attached hydrogen (secondary N) is 4. The second kappa shape index (κ2) is 2.20. The molecule has 5 heteroatoms. The Morgan fingerprint density at radius 3 is 1.56 bits per heavy atom. The summed E-state index contributed by atoms with van der Waals surface area (Å²) < 4.78 is 5.28. The molecule has 2 saturated heterocycles. The molecule has 0 saturated carbocycles. The molecule has 0 bridgehead atoms. The molecule has 0 aromatic rings. The van der Waals surface area contributed by atoms with Crippen molar-refractivity contribution in [3.63, 3.8) is 0 Å². The lowest BCUT2D eigenvalue weighted by Gasteiger charge is -2.37. The molecule has 0 radical (unpaired) electrons. The summed E-state index contributed by atoms with van der Waals surface area (Å²) >= 11 is 0. The van der Waals surface area contributed by atoms with Crippen LogP contribution < -0.4 is 21.3 Å². The van der Waals surface area contributed by atoms with E-state index in [1.807, 2.05) is 0 Å². The van der Waals surface area contributed by atoms with Crippen LogP contribution in [0, 0.1) is 0 Å². The van der Waals surface area contributed by atoms with Crippen LogP contribution in [-0.4, -0.2) is 26.0 Å². The SMILES string of the molecule is C1NC(OC2NCN2)N1. The standard InChI is InChI=1S/C4H10N4O/c1-5-3(6-1)9-4-7-2-8-4/h3-8H,1-2H2. The number of hydrogen-bond donors (Lipinski definition) is 4. The molecule has 2 heterocycles. The van der Waals surface area contributed by atoms with Crippen LogP contribution in [0.15, 0.2) is 0 Å². The molecular formula is C4H10N4O. The van der Waals surface area contributed by atoms with E-state index in [4.69, 9.17) is 4.74 Å². The van der Waals surface area contributed by atoms with E-state index in [9.17, 15) is 0 Å². The van der Waals surface area contributed by atoms with Gasteiger partial charge >= 0.3 is 0 Å². The predicted molar refractivity (Wildman–Crippen MR) is 30.9 cm³/mol. The Morgan fingerprint density at radius 1 is 0.889 bits per heavy atom. The Kier molecular flexibility index (Phi) is 1.36. The number of hydrogen-bond acceptors (Lipinski definition) is 5. The molecule has 0 aliphatic carbocycles. The maximum absolute atomic E-state index is 5.28. The van der Waals surface area contributed by atoms with Gasteiger partial charge in [-0.15, -0.1) is 0 Å². The molecule has 0 spiro atoms. The molecule has 5 nitrogen and oxygen atoms in total. The van der Waals surface area contributed by atoms with E-state index in [-0.39, 0.29) is 12.7 Å². The summed E-state index contributed by atoms with van der Waals surface area (Å²) in [5.74, 6) is 0. The molecule has 9 heavy (non-hydrogen) atoms. The normalized spacial score (nSPS) is 29.3. The Hall–Kier alpha value is -0.200. The Balaban J connectivity index is 1.64. The minimum absolute atomic E-state index is 0.0373. The first-order chi connectivity index (χ1) is 4.45. The first-order valence-corrected chi connectivity index (χ1v) is 3.04. The second-order valence-corrected chi connectivity index (χ2v) is 2.07. The van der Waals surface area contributed by atoms with Crippen molar-refractivity contribution in [1.82, 2.24) is 21.3 Å². The quantitative estimate of drug-likeness (QED) is 0.344. The fourth-order valence-electron chi connectivity index (χ4n) is 0.699. The average molecular weight is 130 g/mol. The first-order valence-electron chi connectivity index (χ1n) is 3.04. The molecule has 0 unspecified atom stereocenters. The van der Waals surface area contributed by atoms with Crippen molar-refractivity contribution in [2.75, 3.05) is 13.3 Å². The maximum Gasteiger partial charge on any atom is 0.168 e. The topological polar surface area (TPSA) is 57.4 Å².